The number of carbonyl (C=O) groups excluding carboxylic acids is 2. The van der Waals surface area contributed by atoms with Gasteiger partial charge in [0.15, 0.2) is 6.61 Å². The summed E-state index contributed by atoms with van der Waals surface area (Å²) in [6.45, 7) is 2.93. The highest BCUT2D eigenvalue weighted by Gasteiger charge is 2.39. The molecular weight excluding hydrogens is 360 g/mol. The Bertz CT molecular complexity index is 873. The highest BCUT2D eigenvalue weighted by molar-refractivity contribution is 7.89. The molecule has 1 aliphatic rings. The third kappa shape index (κ3) is 3.49. The lowest BCUT2D eigenvalue weighted by Crippen LogP contribution is -2.38. The smallest absolute Gasteiger partial charge is 0.332 e. The largest absolute Gasteiger partial charge is 0.477 e. The van der Waals surface area contributed by atoms with E-state index in [1.54, 1.807) is 19.9 Å². The van der Waals surface area contributed by atoms with E-state index in [9.17, 15) is 18.0 Å². The number of benzene rings is 1. The summed E-state index contributed by atoms with van der Waals surface area (Å²) < 4.78 is 31.0. The van der Waals surface area contributed by atoms with Crippen LogP contribution in [0.15, 0.2) is 23.1 Å². The average Bonchev–Trinajstić information content (AvgIpc) is 2.86. The van der Waals surface area contributed by atoms with Crippen molar-refractivity contribution in [1.82, 2.24) is 9.21 Å². The third-order valence-electron chi connectivity index (χ3n) is 3.81. The molecule has 3 amide bonds. The molecule has 0 saturated carbocycles. The summed E-state index contributed by atoms with van der Waals surface area (Å²) in [4.78, 5) is 27.0. The predicted octanol–water partition coefficient (Wildman–Crippen LogP) is 1.02. The summed E-state index contributed by atoms with van der Waals surface area (Å²) in [5.74, 6) is -0.317. The van der Waals surface area contributed by atoms with Gasteiger partial charge >= 0.3 is 6.03 Å². The molecule has 0 spiro atoms. The molecule has 2 rings (SSSR count). The maximum Gasteiger partial charge on any atom is 0.332 e. The fraction of sp³-hybridized carbons (Fsp3) is 0.438. The van der Waals surface area contributed by atoms with Crippen LogP contribution in [0.5, 0.6) is 5.75 Å². The van der Waals surface area contributed by atoms with Gasteiger partial charge in [-0.05, 0) is 26.0 Å². The van der Waals surface area contributed by atoms with Crippen LogP contribution in [0.1, 0.15) is 13.8 Å². The number of imide groups is 1. The van der Waals surface area contributed by atoms with Crippen LogP contribution in [-0.2, 0) is 14.8 Å². The van der Waals surface area contributed by atoms with E-state index in [2.05, 4.69) is 0 Å². The van der Waals surface area contributed by atoms with Crippen LogP contribution in [0.25, 0.3) is 0 Å². The molecule has 0 radical (unpaired) electrons. The minimum atomic E-state index is -3.72. The first-order valence-electron chi connectivity index (χ1n) is 7.81. The second-order valence-corrected chi connectivity index (χ2v) is 8.24. The molecule has 26 heavy (non-hydrogen) atoms. The zero-order chi connectivity index (χ0) is 19.6. The van der Waals surface area contributed by atoms with Crippen molar-refractivity contribution in [1.29, 1.82) is 5.26 Å². The Labute approximate surface area is 152 Å². The summed E-state index contributed by atoms with van der Waals surface area (Å²) in [6.07, 6.45) is 0. The van der Waals surface area contributed by atoms with Gasteiger partial charge in [0.05, 0.1) is 10.6 Å². The molecule has 1 aromatic rings. The van der Waals surface area contributed by atoms with Gasteiger partial charge in [0.1, 0.15) is 18.4 Å². The van der Waals surface area contributed by atoms with Gasteiger partial charge in [-0.25, -0.2) is 17.5 Å². The first-order valence-corrected chi connectivity index (χ1v) is 9.25. The molecule has 1 aliphatic heterocycles. The molecule has 1 heterocycles. The Hall–Kier alpha value is -2.64. The fourth-order valence-corrected chi connectivity index (χ4v) is 3.44. The Kier molecular flexibility index (Phi) is 5.53. The van der Waals surface area contributed by atoms with Gasteiger partial charge in [-0.2, -0.15) is 5.26 Å². The quantitative estimate of drug-likeness (QED) is 0.681. The van der Waals surface area contributed by atoms with E-state index >= 15 is 0 Å². The summed E-state index contributed by atoms with van der Waals surface area (Å²) >= 11 is 0. The summed E-state index contributed by atoms with van der Waals surface area (Å²) in [5, 5.41) is 8.77. The molecule has 0 atom stereocenters. The zero-order valence-corrected chi connectivity index (χ0v) is 15.8. The first kappa shape index (κ1) is 19.7. The third-order valence-corrected chi connectivity index (χ3v) is 5.62. The Morgan fingerprint density at radius 2 is 1.96 bits per heavy atom. The minimum absolute atomic E-state index is 0.0428. The second kappa shape index (κ2) is 7.31. The number of hydrogen-bond acceptors (Lipinski definition) is 6. The van der Waals surface area contributed by atoms with Crippen molar-refractivity contribution in [2.75, 3.05) is 32.1 Å². The van der Waals surface area contributed by atoms with E-state index in [1.807, 2.05) is 0 Å². The van der Waals surface area contributed by atoms with Gasteiger partial charge in [-0.3, -0.25) is 14.6 Å². The molecule has 10 heteroatoms. The number of hydrogen-bond donors (Lipinski definition) is 0. The number of amides is 3. The summed E-state index contributed by atoms with van der Waals surface area (Å²) in [5.41, 5.74) is 0.236. The van der Waals surface area contributed by atoms with Crippen LogP contribution in [-0.4, -0.2) is 62.9 Å². The molecule has 0 unspecified atom stereocenters. The maximum atomic E-state index is 12.6. The number of nitrogens with zero attached hydrogens (tertiary/aromatic N) is 4. The van der Waals surface area contributed by atoms with Crippen molar-refractivity contribution in [3.8, 4) is 11.8 Å². The SMILES string of the molecule is CC(C)N1C(=O)CN(c2ccc(S(=O)(=O)N(C)C)cc2OCC#N)C1=O. The standard InChI is InChI=1S/C16H20N4O5S/c1-11(2)20-15(21)10-19(16(20)22)13-6-5-12(26(23,24)18(3)4)9-14(13)25-8-7-17/h5-6,9,11H,8,10H2,1-4H3. The van der Waals surface area contributed by atoms with Gasteiger partial charge in [0.25, 0.3) is 5.91 Å². The van der Waals surface area contributed by atoms with Gasteiger partial charge in [0.2, 0.25) is 10.0 Å². The lowest BCUT2D eigenvalue weighted by molar-refractivity contribution is -0.125. The van der Waals surface area contributed by atoms with Crippen LogP contribution in [0.4, 0.5) is 10.5 Å². The number of urea groups is 1. The first-order chi connectivity index (χ1) is 12.1. The molecular formula is C16H20N4O5S. The molecule has 140 valence electrons. The van der Waals surface area contributed by atoms with E-state index in [4.69, 9.17) is 10.00 Å². The Balaban J connectivity index is 2.51. The molecule has 1 fully saturated rings. The predicted molar refractivity (Wildman–Crippen MR) is 93.1 cm³/mol. The number of rotatable bonds is 6. The van der Waals surface area contributed by atoms with E-state index < -0.39 is 16.1 Å². The van der Waals surface area contributed by atoms with Crippen LogP contribution < -0.4 is 9.64 Å². The normalized spacial score (nSPS) is 15.1. The average molecular weight is 380 g/mol. The van der Waals surface area contributed by atoms with Crippen molar-refractivity contribution >= 4 is 27.6 Å². The Morgan fingerprint density at radius 1 is 1.31 bits per heavy atom. The van der Waals surface area contributed by atoms with Gasteiger partial charge in [-0.15, -0.1) is 0 Å². The monoisotopic (exact) mass is 380 g/mol. The molecule has 1 saturated heterocycles. The van der Waals surface area contributed by atoms with Gasteiger partial charge in [-0.1, -0.05) is 0 Å². The summed E-state index contributed by atoms with van der Waals surface area (Å²) in [6, 6.07) is 4.95. The van der Waals surface area contributed by atoms with Crippen LogP contribution in [0, 0.1) is 11.3 Å². The number of nitriles is 1. The van der Waals surface area contributed by atoms with Crippen molar-refractivity contribution in [2.24, 2.45) is 0 Å². The van der Waals surface area contributed by atoms with Gasteiger partial charge < -0.3 is 4.74 Å². The number of ether oxygens (including phenoxy) is 1. The number of anilines is 1. The number of carbonyl (C=O) groups is 2. The van der Waals surface area contributed by atoms with Crippen molar-refractivity contribution in [3.63, 3.8) is 0 Å². The van der Waals surface area contributed by atoms with Crippen molar-refractivity contribution in [3.05, 3.63) is 18.2 Å². The zero-order valence-electron chi connectivity index (χ0n) is 15.0. The minimum Gasteiger partial charge on any atom is -0.477 e. The van der Waals surface area contributed by atoms with Crippen LogP contribution in [0.2, 0.25) is 0 Å². The van der Waals surface area contributed by atoms with E-state index in [0.29, 0.717) is 0 Å². The van der Waals surface area contributed by atoms with E-state index in [1.165, 1.54) is 37.2 Å². The van der Waals surface area contributed by atoms with Gasteiger partial charge in [0, 0.05) is 26.2 Å². The van der Waals surface area contributed by atoms with E-state index in [-0.39, 0.29) is 41.4 Å². The highest BCUT2D eigenvalue weighted by Crippen LogP contribution is 2.34. The second-order valence-electron chi connectivity index (χ2n) is 6.09. The van der Waals surface area contributed by atoms with Crippen LogP contribution >= 0.6 is 0 Å². The van der Waals surface area contributed by atoms with Crippen molar-refractivity contribution in [2.45, 2.75) is 24.8 Å². The fourth-order valence-electron chi connectivity index (χ4n) is 2.53. The molecule has 0 N–H and O–H groups in total. The van der Waals surface area contributed by atoms with Crippen LogP contribution in [0.3, 0.4) is 0 Å². The number of sulfonamides is 1. The molecule has 1 aromatic carbocycles. The lowest BCUT2D eigenvalue weighted by atomic mass is 10.2. The topological polar surface area (TPSA) is 111 Å². The maximum absolute atomic E-state index is 12.6. The Morgan fingerprint density at radius 3 is 2.46 bits per heavy atom. The van der Waals surface area contributed by atoms with E-state index in [0.717, 1.165) is 9.21 Å². The molecule has 0 aliphatic carbocycles. The lowest BCUT2D eigenvalue weighted by Gasteiger charge is -2.22. The highest BCUT2D eigenvalue weighted by atomic mass is 32.2. The molecule has 0 aromatic heterocycles. The molecule has 9 nitrogen and oxygen atoms in total. The molecule has 0 bridgehead atoms. The van der Waals surface area contributed by atoms with Crippen molar-refractivity contribution < 1.29 is 22.7 Å². The summed E-state index contributed by atoms with van der Waals surface area (Å²) in [7, 11) is -0.941.